The molecular formula is C16H14N2O3S. The molecule has 1 fully saturated rings. The molecule has 22 heavy (non-hydrogen) atoms. The van der Waals surface area contributed by atoms with E-state index in [0.29, 0.717) is 5.69 Å². The number of nitrogens with one attached hydrogen (secondary N) is 1. The summed E-state index contributed by atoms with van der Waals surface area (Å²) in [7, 11) is 0. The highest BCUT2D eigenvalue weighted by Crippen LogP contribution is 2.48. The Morgan fingerprint density at radius 2 is 1.82 bits per heavy atom. The third kappa shape index (κ3) is 2.60. The van der Waals surface area contributed by atoms with Crippen molar-refractivity contribution < 1.29 is 14.7 Å². The molecule has 1 aromatic rings. The molecule has 0 heterocycles. The largest absolute Gasteiger partial charge is 0.481 e. The average Bonchev–Trinajstić information content (AvgIpc) is 3.10. The number of allylic oxidation sites excluding steroid dienone is 2. The molecule has 0 aliphatic heterocycles. The van der Waals surface area contributed by atoms with Crippen molar-refractivity contribution in [3.63, 3.8) is 0 Å². The van der Waals surface area contributed by atoms with Crippen LogP contribution in [0.1, 0.15) is 6.42 Å². The molecule has 0 spiro atoms. The van der Waals surface area contributed by atoms with Crippen LogP contribution in [0.15, 0.2) is 41.3 Å². The zero-order valence-electron chi connectivity index (χ0n) is 11.6. The van der Waals surface area contributed by atoms with Crippen LogP contribution in [0.25, 0.3) is 0 Å². The lowest BCUT2D eigenvalue weighted by Crippen LogP contribution is -2.36. The molecule has 4 atom stereocenters. The summed E-state index contributed by atoms with van der Waals surface area (Å²) in [6, 6.07) is 6.94. The van der Waals surface area contributed by atoms with Crippen LogP contribution in [0.2, 0.25) is 0 Å². The van der Waals surface area contributed by atoms with Crippen LogP contribution in [-0.4, -0.2) is 17.0 Å². The predicted molar refractivity (Wildman–Crippen MR) is 81.9 cm³/mol. The molecule has 2 N–H and O–H groups in total. The summed E-state index contributed by atoms with van der Waals surface area (Å²) in [5.41, 5.74) is 0.614. The third-order valence-corrected chi connectivity index (χ3v) is 4.93. The predicted octanol–water partition coefficient (Wildman–Crippen LogP) is 2.72. The highest BCUT2D eigenvalue weighted by molar-refractivity contribution is 8.03. The number of anilines is 1. The number of thiocyanates is 1. The maximum absolute atomic E-state index is 12.5. The molecule has 112 valence electrons. The molecule has 3 rings (SSSR count). The van der Waals surface area contributed by atoms with E-state index in [1.165, 1.54) is 0 Å². The first-order valence-corrected chi connectivity index (χ1v) is 7.80. The van der Waals surface area contributed by atoms with Gasteiger partial charge in [0.15, 0.2) is 0 Å². The number of carboxylic acid groups (broad SMARTS) is 1. The Bertz CT molecular complexity index is 678. The Labute approximate surface area is 132 Å². The van der Waals surface area contributed by atoms with Gasteiger partial charge in [0.25, 0.3) is 0 Å². The number of hydrogen-bond acceptors (Lipinski definition) is 4. The second-order valence-corrected chi connectivity index (χ2v) is 6.40. The van der Waals surface area contributed by atoms with Gasteiger partial charge in [-0.05, 0) is 54.3 Å². The molecular weight excluding hydrogens is 300 g/mol. The first-order valence-electron chi connectivity index (χ1n) is 6.98. The second-order valence-electron chi connectivity index (χ2n) is 5.55. The monoisotopic (exact) mass is 314 g/mol. The summed E-state index contributed by atoms with van der Waals surface area (Å²) in [6.45, 7) is 0. The first kappa shape index (κ1) is 14.7. The van der Waals surface area contributed by atoms with Gasteiger partial charge in [-0.1, -0.05) is 12.2 Å². The Kier molecular flexibility index (Phi) is 3.90. The highest BCUT2D eigenvalue weighted by atomic mass is 32.2. The van der Waals surface area contributed by atoms with Gasteiger partial charge < -0.3 is 10.4 Å². The molecule has 2 aliphatic rings. The van der Waals surface area contributed by atoms with E-state index in [2.05, 4.69) is 5.32 Å². The fourth-order valence-corrected chi connectivity index (χ4v) is 3.78. The van der Waals surface area contributed by atoms with Crippen molar-refractivity contribution in [3.05, 3.63) is 36.4 Å². The van der Waals surface area contributed by atoms with Gasteiger partial charge in [-0.2, -0.15) is 5.26 Å². The number of carbonyl (C=O) groups is 2. The smallest absolute Gasteiger partial charge is 0.307 e. The summed E-state index contributed by atoms with van der Waals surface area (Å²) in [5, 5.41) is 22.7. The standard InChI is InChI=1S/C16H14N2O3S/c17-8-22-12-5-3-11(4-6-12)18-15(19)13-9-1-2-10(7-9)14(13)16(20)21/h1-6,9-10,13-14H,7H2,(H,18,19)(H,20,21)/t9-,10-,13-,14+/m0/s1. The molecule has 1 amide bonds. The Hall–Kier alpha value is -2.26. The topological polar surface area (TPSA) is 90.2 Å². The zero-order chi connectivity index (χ0) is 15.7. The summed E-state index contributed by atoms with van der Waals surface area (Å²) in [6.07, 6.45) is 4.62. The van der Waals surface area contributed by atoms with E-state index in [-0.39, 0.29) is 17.7 Å². The lowest BCUT2D eigenvalue weighted by molar-refractivity contribution is -0.146. The number of hydrogen-bond donors (Lipinski definition) is 2. The number of fused-ring (bicyclic) bond motifs is 2. The molecule has 0 unspecified atom stereocenters. The molecule has 0 aromatic heterocycles. The van der Waals surface area contributed by atoms with E-state index in [0.717, 1.165) is 23.1 Å². The lowest BCUT2D eigenvalue weighted by atomic mass is 9.82. The SMILES string of the molecule is N#CSc1ccc(NC(=O)[C@@H]2[C@H](C(=O)O)[C@H]3C=C[C@H]2C3)cc1. The van der Waals surface area contributed by atoms with Crippen molar-refractivity contribution in [1.29, 1.82) is 5.26 Å². The maximum Gasteiger partial charge on any atom is 0.307 e. The number of benzene rings is 1. The first-order chi connectivity index (χ1) is 10.6. The van der Waals surface area contributed by atoms with E-state index in [9.17, 15) is 14.7 Å². The number of aliphatic carboxylic acids is 1. The molecule has 2 bridgehead atoms. The van der Waals surface area contributed by atoms with Crippen molar-refractivity contribution >= 4 is 29.3 Å². The van der Waals surface area contributed by atoms with Gasteiger partial charge in [0, 0.05) is 10.6 Å². The number of thioether (sulfide) groups is 1. The molecule has 1 saturated carbocycles. The van der Waals surface area contributed by atoms with E-state index in [4.69, 9.17) is 5.26 Å². The Morgan fingerprint density at radius 1 is 1.18 bits per heavy atom. The molecule has 2 aliphatic carbocycles. The highest BCUT2D eigenvalue weighted by Gasteiger charge is 2.51. The van der Waals surface area contributed by atoms with Crippen molar-refractivity contribution in [2.75, 3.05) is 5.32 Å². The fourth-order valence-electron chi connectivity index (χ4n) is 3.40. The molecule has 5 nitrogen and oxygen atoms in total. The summed E-state index contributed by atoms with van der Waals surface area (Å²) < 4.78 is 0. The number of nitriles is 1. The quantitative estimate of drug-likeness (QED) is 0.506. The number of carbonyl (C=O) groups excluding carboxylic acids is 1. The number of amides is 1. The lowest BCUT2D eigenvalue weighted by Gasteiger charge is -2.23. The van der Waals surface area contributed by atoms with Crippen molar-refractivity contribution in [1.82, 2.24) is 0 Å². The van der Waals surface area contributed by atoms with E-state index >= 15 is 0 Å². The van der Waals surface area contributed by atoms with Gasteiger partial charge in [0.2, 0.25) is 5.91 Å². The van der Waals surface area contributed by atoms with Crippen LogP contribution in [0, 0.1) is 34.3 Å². The molecule has 1 aromatic carbocycles. The van der Waals surface area contributed by atoms with E-state index in [1.54, 1.807) is 24.3 Å². The molecule has 0 saturated heterocycles. The minimum absolute atomic E-state index is 0.0134. The summed E-state index contributed by atoms with van der Waals surface area (Å²) >= 11 is 1.05. The summed E-state index contributed by atoms with van der Waals surface area (Å²) in [5.74, 6) is -2.32. The van der Waals surface area contributed by atoms with Gasteiger partial charge in [0.1, 0.15) is 5.40 Å². The van der Waals surface area contributed by atoms with Gasteiger partial charge in [-0.25, -0.2) is 0 Å². The number of rotatable bonds is 4. The molecule has 6 heteroatoms. The van der Waals surface area contributed by atoms with E-state index in [1.807, 2.05) is 17.6 Å². The minimum Gasteiger partial charge on any atom is -0.481 e. The van der Waals surface area contributed by atoms with Gasteiger partial charge in [0.05, 0.1) is 11.8 Å². The van der Waals surface area contributed by atoms with Gasteiger partial charge in [-0.15, -0.1) is 0 Å². The molecule has 0 radical (unpaired) electrons. The Balaban J connectivity index is 1.73. The van der Waals surface area contributed by atoms with Crippen molar-refractivity contribution in [2.24, 2.45) is 23.7 Å². The van der Waals surface area contributed by atoms with Gasteiger partial charge >= 0.3 is 5.97 Å². The Morgan fingerprint density at radius 3 is 2.41 bits per heavy atom. The number of carboxylic acids is 1. The second kappa shape index (κ2) is 5.85. The van der Waals surface area contributed by atoms with Crippen LogP contribution in [-0.2, 0) is 9.59 Å². The van der Waals surface area contributed by atoms with Crippen LogP contribution in [0.4, 0.5) is 5.69 Å². The summed E-state index contributed by atoms with van der Waals surface area (Å²) in [4.78, 5) is 24.7. The third-order valence-electron chi connectivity index (χ3n) is 4.33. The zero-order valence-corrected chi connectivity index (χ0v) is 12.4. The minimum atomic E-state index is -0.905. The maximum atomic E-state index is 12.5. The van der Waals surface area contributed by atoms with E-state index < -0.39 is 17.8 Å². The van der Waals surface area contributed by atoms with Crippen LogP contribution in [0.5, 0.6) is 0 Å². The van der Waals surface area contributed by atoms with Crippen LogP contribution >= 0.6 is 11.8 Å². The number of nitrogens with zero attached hydrogens (tertiary/aromatic N) is 1. The average molecular weight is 314 g/mol. The fraction of sp³-hybridized carbons (Fsp3) is 0.312. The van der Waals surface area contributed by atoms with Crippen molar-refractivity contribution in [2.45, 2.75) is 11.3 Å². The van der Waals surface area contributed by atoms with Crippen molar-refractivity contribution in [3.8, 4) is 5.40 Å². The van der Waals surface area contributed by atoms with Gasteiger partial charge in [-0.3, -0.25) is 9.59 Å². The van der Waals surface area contributed by atoms with Crippen LogP contribution in [0.3, 0.4) is 0 Å². The normalized spacial score (nSPS) is 28.3. The van der Waals surface area contributed by atoms with Crippen LogP contribution < -0.4 is 5.32 Å².